The Labute approximate surface area is 86.8 Å². The molecule has 1 aliphatic rings. The van der Waals surface area contributed by atoms with Gasteiger partial charge in [0.25, 0.3) is 0 Å². The highest BCUT2D eigenvalue weighted by atomic mass is 16.5. The van der Waals surface area contributed by atoms with E-state index >= 15 is 0 Å². The van der Waals surface area contributed by atoms with Crippen molar-refractivity contribution in [1.82, 2.24) is 0 Å². The van der Waals surface area contributed by atoms with Gasteiger partial charge in [-0.1, -0.05) is 0 Å². The molecule has 1 saturated heterocycles. The standard InChI is InChI=1S/C10H13NO4/c11-7(4-9(12)13)10(5-14-6-10)8-2-1-3-15-8/h1-3,7H,4-6,11H2,(H,12,13). The van der Waals surface area contributed by atoms with E-state index in [1.807, 2.05) is 6.07 Å². The van der Waals surface area contributed by atoms with Crippen LogP contribution in [0.4, 0.5) is 0 Å². The summed E-state index contributed by atoms with van der Waals surface area (Å²) >= 11 is 0. The summed E-state index contributed by atoms with van der Waals surface area (Å²) in [6.07, 6.45) is 1.48. The summed E-state index contributed by atoms with van der Waals surface area (Å²) < 4.78 is 10.4. The van der Waals surface area contributed by atoms with Gasteiger partial charge in [-0.3, -0.25) is 4.79 Å². The number of aliphatic carboxylic acids is 1. The van der Waals surface area contributed by atoms with E-state index < -0.39 is 17.4 Å². The van der Waals surface area contributed by atoms with Gasteiger partial charge in [-0.25, -0.2) is 0 Å². The molecular weight excluding hydrogens is 198 g/mol. The van der Waals surface area contributed by atoms with E-state index in [-0.39, 0.29) is 6.42 Å². The molecule has 0 aliphatic carbocycles. The molecule has 0 bridgehead atoms. The monoisotopic (exact) mass is 211 g/mol. The van der Waals surface area contributed by atoms with E-state index in [2.05, 4.69) is 0 Å². The van der Waals surface area contributed by atoms with Crippen LogP contribution in [0.3, 0.4) is 0 Å². The summed E-state index contributed by atoms with van der Waals surface area (Å²) in [4.78, 5) is 10.6. The van der Waals surface area contributed by atoms with Crippen molar-refractivity contribution in [3.05, 3.63) is 24.2 Å². The van der Waals surface area contributed by atoms with Crippen LogP contribution >= 0.6 is 0 Å². The zero-order valence-electron chi connectivity index (χ0n) is 8.18. The van der Waals surface area contributed by atoms with Crippen LogP contribution in [0.5, 0.6) is 0 Å². The Morgan fingerprint density at radius 1 is 1.67 bits per heavy atom. The van der Waals surface area contributed by atoms with E-state index in [1.54, 1.807) is 12.3 Å². The topological polar surface area (TPSA) is 85.7 Å². The predicted molar refractivity (Wildman–Crippen MR) is 51.4 cm³/mol. The second kappa shape index (κ2) is 3.67. The molecule has 0 spiro atoms. The number of ether oxygens (including phenoxy) is 1. The number of carboxylic acids is 1. The Morgan fingerprint density at radius 2 is 2.40 bits per heavy atom. The first-order valence-corrected chi connectivity index (χ1v) is 4.74. The van der Waals surface area contributed by atoms with Crippen LogP contribution in [0.25, 0.3) is 0 Å². The number of nitrogens with two attached hydrogens (primary N) is 1. The molecule has 1 atom stereocenters. The average Bonchev–Trinajstić information content (AvgIpc) is 2.53. The lowest BCUT2D eigenvalue weighted by molar-refractivity contribution is -0.140. The van der Waals surface area contributed by atoms with Gasteiger partial charge in [0.1, 0.15) is 5.76 Å². The fraction of sp³-hybridized carbons (Fsp3) is 0.500. The molecule has 2 heterocycles. The molecule has 0 aromatic carbocycles. The molecule has 1 aromatic heterocycles. The first-order valence-electron chi connectivity index (χ1n) is 4.74. The van der Waals surface area contributed by atoms with Gasteiger partial charge in [0, 0.05) is 6.04 Å². The maximum atomic E-state index is 10.6. The van der Waals surface area contributed by atoms with E-state index in [0.29, 0.717) is 19.0 Å². The van der Waals surface area contributed by atoms with Crippen LogP contribution in [0.2, 0.25) is 0 Å². The van der Waals surface area contributed by atoms with Crippen LogP contribution in [0.15, 0.2) is 22.8 Å². The third-order valence-electron chi connectivity index (χ3n) is 2.84. The molecule has 1 aromatic rings. The molecule has 2 rings (SSSR count). The second-order valence-corrected chi connectivity index (χ2v) is 3.83. The quantitative estimate of drug-likeness (QED) is 0.750. The van der Waals surface area contributed by atoms with Gasteiger partial charge in [-0.15, -0.1) is 0 Å². The van der Waals surface area contributed by atoms with Gasteiger partial charge in [-0.05, 0) is 12.1 Å². The summed E-state index contributed by atoms with van der Waals surface area (Å²) in [7, 11) is 0. The minimum atomic E-state index is -0.902. The van der Waals surface area contributed by atoms with Gasteiger partial charge < -0.3 is 20.0 Å². The summed E-state index contributed by atoms with van der Waals surface area (Å²) in [5.74, 6) is -0.192. The number of hydrogen-bond donors (Lipinski definition) is 2. The van der Waals surface area contributed by atoms with Crippen LogP contribution in [-0.2, 0) is 14.9 Å². The van der Waals surface area contributed by atoms with Gasteiger partial charge in [0.15, 0.2) is 0 Å². The zero-order chi connectivity index (χ0) is 10.9. The van der Waals surface area contributed by atoms with Crippen molar-refractivity contribution in [2.75, 3.05) is 13.2 Å². The van der Waals surface area contributed by atoms with Gasteiger partial charge in [0.2, 0.25) is 0 Å². The van der Waals surface area contributed by atoms with Crippen molar-refractivity contribution in [3.63, 3.8) is 0 Å². The van der Waals surface area contributed by atoms with Crippen molar-refractivity contribution < 1.29 is 19.1 Å². The Balaban J connectivity index is 2.18. The lowest BCUT2D eigenvalue weighted by Crippen LogP contribution is -2.59. The maximum Gasteiger partial charge on any atom is 0.304 e. The third-order valence-corrected chi connectivity index (χ3v) is 2.84. The van der Waals surface area contributed by atoms with Crippen LogP contribution in [0, 0.1) is 0 Å². The predicted octanol–water partition coefficient (Wildman–Crippen LogP) is 0.350. The summed E-state index contributed by atoms with van der Waals surface area (Å²) in [5.41, 5.74) is 5.43. The zero-order valence-corrected chi connectivity index (χ0v) is 8.18. The average molecular weight is 211 g/mol. The second-order valence-electron chi connectivity index (χ2n) is 3.83. The highest BCUT2D eigenvalue weighted by Crippen LogP contribution is 2.36. The normalized spacial score (nSPS) is 20.6. The molecule has 82 valence electrons. The largest absolute Gasteiger partial charge is 0.481 e. The molecule has 15 heavy (non-hydrogen) atoms. The molecule has 1 fully saturated rings. The molecule has 5 nitrogen and oxygen atoms in total. The van der Waals surface area contributed by atoms with Crippen molar-refractivity contribution in [3.8, 4) is 0 Å². The van der Waals surface area contributed by atoms with Crippen molar-refractivity contribution in [2.45, 2.75) is 17.9 Å². The molecule has 1 aliphatic heterocycles. The molecule has 0 saturated carbocycles. The summed E-state index contributed by atoms with van der Waals surface area (Å²) in [5, 5.41) is 8.71. The Kier molecular flexibility index (Phi) is 2.50. The maximum absolute atomic E-state index is 10.6. The van der Waals surface area contributed by atoms with Crippen molar-refractivity contribution in [1.29, 1.82) is 0 Å². The summed E-state index contributed by atoms with van der Waals surface area (Å²) in [6.45, 7) is 0.851. The van der Waals surface area contributed by atoms with E-state index in [1.165, 1.54) is 0 Å². The lowest BCUT2D eigenvalue weighted by atomic mass is 9.75. The molecule has 1 unspecified atom stereocenters. The first kappa shape index (κ1) is 10.2. The highest BCUT2D eigenvalue weighted by Gasteiger charge is 2.48. The fourth-order valence-corrected chi connectivity index (χ4v) is 1.81. The van der Waals surface area contributed by atoms with Crippen molar-refractivity contribution >= 4 is 5.97 Å². The Morgan fingerprint density at radius 3 is 2.80 bits per heavy atom. The fourth-order valence-electron chi connectivity index (χ4n) is 1.81. The number of hydrogen-bond acceptors (Lipinski definition) is 4. The number of furan rings is 1. The molecule has 0 amide bonds. The molecule has 3 N–H and O–H groups in total. The SMILES string of the molecule is NC(CC(=O)O)C1(c2ccco2)COC1. The smallest absolute Gasteiger partial charge is 0.304 e. The first-order chi connectivity index (χ1) is 7.15. The number of rotatable bonds is 4. The van der Waals surface area contributed by atoms with Gasteiger partial charge in [0.05, 0.1) is 31.3 Å². The van der Waals surface area contributed by atoms with E-state index in [4.69, 9.17) is 20.0 Å². The Bertz CT molecular complexity index is 342. The molecular formula is C10H13NO4. The van der Waals surface area contributed by atoms with Gasteiger partial charge >= 0.3 is 5.97 Å². The van der Waals surface area contributed by atoms with Crippen LogP contribution in [0.1, 0.15) is 12.2 Å². The number of carbonyl (C=O) groups is 1. The summed E-state index contributed by atoms with van der Waals surface area (Å²) in [6, 6.07) is 3.10. The van der Waals surface area contributed by atoms with Crippen LogP contribution < -0.4 is 5.73 Å². The lowest BCUT2D eigenvalue weighted by Gasteiger charge is -2.43. The van der Waals surface area contributed by atoms with Gasteiger partial charge in [-0.2, -0.15) is 0 Å². The highest BCUT2D eigenvalue weighted by molar-refractivity contribution is 5.68. The van der Waals surface area contributed by atoms with E-state index in [9.17, 15) is 4.79 Å². The number of carboxylic acid groups (broad SMARTS) is 1. The Hall–Kier alpha value is -1.33. The van der Waals surface area contributed by atoms with Crippen molar-refractivity contribution in [2.24, 2.45) is 5.73 Å². The van der Waals surface area contributed by atoms with E-state index in [0.717, 1.165) is 0 Å². The minimum absolute atomic E-state index is 0.0793. The molecule has 5 heteroatoms. The third kappa shape index (κ3) is 1.64. The minimum Gasteiger partial charge on any atom is -0.481 e. The molecule has 0 radical (unpaired) electrons. The van der Waals surface area contributed by atoms with Crippen LogP contribution in [-0.4, -0.2) is 30.3 Å².